The minimum absolute atomic E-state index is 0.129. The smallest absolute Gasteiger partial charge is 0.216 e. The summed E-state index contributed by atoms with van der Waals surface area (Å²) in [6, 6.07) is 0. The summed E-state index contributed by atoms with van der Waals surface area (Å²) < 4.78 is 5.38. The van der Waals surface area contributed by atoms with E-state index in [0.717, 1.165) is 11.4 Å². The molecule has 0 N–H and O–H groups in total. The second-order valence-corrected chi connectivity index (χ2v) is 5.11. The Morgan fingerprint density at radius 2 is 1.82 bits per heavy atom. The van der Waals surface area contributed by atoms with Crippen LogP contribution >= 0.6 is 0 Å². The molecule has 1 fully saturated rings. The van der Waals surface area contributed by atoms with E-state index in [4.69, 9.17) is 4.74 Å². The molecule has 3 nitrogen and oxygen atoms in total. The molecule has 1 aromatic heterocycles. The number of Topliss-reactive ketones (excluding diaryl/α,β-unsaturated/α-hetero) is 1. The fraction of sp³-hybridized carbons (Fsp3) is 0.571. The molecule has 1 saturated carbocycles. The molecule has 0 spiro atoms. The van der Waals surface area contributed by atoms with E-state index < -0.39 is 0 Å². The molecule has 0 atom stereocenters. The second kappa shape index (κ2) is 3.83. The van der Waals surface area contributed by atoms with Gasteiger partial charge in [-0.15, -0.1) is 0 Å². The average molecular weight is 231 g/mol. The van der Waals surface area contributed by atoms with Gasteiger partial charge in [0.15, 0.2) is 5.78 Å². The van der Waals surface area contributed by atoms with E-state index in [9.17, 15) is 4.79 Å². The predicted octanol–water partition coefficient (Wildman–Crippen LogP) is 3.05. The van der Waals surface area contributed by atoms with Gasteiger partial charge in [0, 0.05) is 17.3 Å². The molecule has 0 saturated heterocycles. The number of carbonyl (C=O) groups is 1. The van der Waals surface area contributed by atoms with Crippen LogP contribution in [0.2, 0.25) is 0 Å². The van der Waals surface area contributed by atoms with Crippen LogP contribution in [-0.2, 0) is 0 Å². The Bertz CT molecular complexity index is 473. The van der Waals surface area contributed by atoms with Crippen molar-refractivity contribution >= 4 is 5.78 Å². The van der Waals surface area contributed by atoms with E-state index in [0.29, 0.717) is 11.8 Å². The van der Waals surface area contributed by atoms with Crippen molar-refractivity contribution in [1.29, 1.82) is 0 Å². The third-order valence-corrected chi connectivity index (χ3v) is 4.24. The first-order valence-corrected chi connectivity index (χ1v) is 6.30. The summed E-state index contributed by atoms with van der Waals surface area (Å²) in [5.74, 6) is 1.96. The van der Waals surface area contributed by atoms with Crippen LogP contribution in [0.25, 0.3) is 0 Å². The minimum Gasteiger partial charge on any atom is -0.481 e. The lowest BCUT2D eigenvalue weighted by molar-refractivity contribution is 0.101. The van der Waals surface area contributed by atoms with Gasteiger partial charge in [0.2, 0.25) is 5.88 Å². The van der Waals surface area contributed by atoms with Gasteiger partial charge in [0.1, 0.15) is 0 Å². The molecular weight excluding hydrogens is 214 g/mol. The lowest BCUT2D eigenvalue weighted by Crippen LogP contribution is -2.25. The largest absolute Gasteiger partial charge is 0.481 e. The van der Waals surface area contributed by atoms with E-state index >= 15 is 0 Å². The van der Waals surface area contributed by atoms with Crippen LogP contribution in [0.5, 0.6) is 5.88 Å². The van der Waals surface area contributed by atoms with Crippen LogP contribution in [0.3, 0.4) is 0 Å². The molecule has 0 radical (unpaired) electrons. The lowest BCUT2D eigenvalue weighted by atomic mass is 9.66. The number of hydrogen-bond donors (Lipinski definition) is 0. The Kier molecular flexibility index (Phi) is 2.42. The summed E-state index contributed by atoms with van der Waals surface area (Å²) in [5.41, 5.74) is 3.28. The minimum atomic E-state index is 0.129. The Hall–Kier alpha value is -1.38. The molecule has 2 bridgehead atoms. The highest BCUT2D eigenvalue weighted by atomic mass is 16.5. The maximum absolute atomic E-state index is 11.7. The van der Waals surface area contributed by atoms with E-state index in [-0.39, 0.29) is 5.78 Å². The molecule has 90 valence electrons. The fourth-order valence-corrected chi connectivity index (χ4v) is 3.47. The Morgan fingerprint density at radius 1 is 1.24 bits per heavy atom. The normalized spacial score (nSPS) is 25.5. The summed E-state index contributed by atoms with van der Waals surface area (Å²) in [4.78, 5) is 16.0. The molecule has 17 heavy (non-hydrogen) atoms. The molecule has 0 aliphatic heterocycles. The van der Waals surface area contributed by atoms with Crippen LogP contribution in [0.15, 0.2) is 6.20 Å². The molecular formula is C14H17NO2. The van der Waals surface area contributed by atoms with Gasteiger partial charge in [0.25, 0.3) is 0 Å². The van der Waals surface area contributed by atoms with Crippen molar-refractivity contribution in [2.75, 3.05) is 7.11 Å². The van der Waals surface area contributed by atoms with Crippen LogP contribution in [-0.4, -0.2) is 17.9 Å². The van der Waals surface area contributed by atoms with Crippen LogP contribution in [0, 0.1) is 0 Å². The Balaban J connectivity index is 2.25. The van der Waals surface area contributed by atoms with Gasteiger partial charge in [-0.05, 0) is 50.0 Å². The third-order valence-electron chi connectivity index (χ3n) is 4.24. The SMILES string of the molecule is COc1ncc(C(C)=O)c2c1C1CCC2CC1. The molecule has 0 aromatic carbocycles. The van der Waals surface area contributed by atoms with E-state index in [2.05, 4.69) is 4.98 Å². The lowest BCUT2D eigenvalue weighted by Gasteiger charge is -2.39. The molecule has 1 heterocycles. The first-order valence-electron chi connectivity index (χ1n) is 6.30. The van der Waals surface area contributed by atoms with Crippen molar-refractivity contribution in [1.82, 2.24) is 4.98 Å². The Morgan fingerprint density at radius 3 is 2.35 bits per heavy atom. The standard InChI is InChI=1S/C14H17NO2/c1-8(16)11-7-15-14(17-2)13-10-5-3-9(4-6-10)12(11)13/h7,9-10H,3-6H2,1-2H3. The quantitative estimate of drug-likeness (QED) is 0.734. The number of pyridine rings is 1. The first-order chi connectivity index (χ1) is 8.22. The van der Waals surface area contributed by atoms with Gasteiger partial charge < -0.3 is 4.74 Å². The monoisotopic (exact) mass is 231 g/mol. The number of hydrogen-bond acceptors (Lipinski definition) is 3. The van der Waals surface area contributed by atoms with Gasteiger partial charge in [0.05, 0.1) is 7.11 Å². The molecule has 0 unspecified atom stereocenters. The summed E-state index contributed by atoms with van der Waals surface area (Å²) in [5, 5.41) is 0. The second-order valence-electron chi connectivity index (χ2n) is 5.11. The van der Waals surface area contributed by atoms with Crippen LogP contribution in [0.4, 0.5) is 0 Å². The number of fused-ring (bicyclic) bond motifs is 2. The summed E-state index contributed by atoms with van der Waals surface area (Å²) in [7, 11) is 1.67. The van der Waals surface area contributed by atoms with Gasteiger partial charge in [-0.3, -0.25) is 4.79 Å². The van der Waals surface area contributed by atoms with Crippen molar-refractivity contribution in [2.45, 2.75) is 44.4 Å². The van der Waals surface area contributed by atoms with E-state index in [1.54, 1.807) is 20.2 Å². The molecule has 3 heteroatoms. The number of methoxy groups -OCH3 is 1. The summed E-state index contributed by atoms with van der Waals surface area (Å²) in [6.45, 7) is 1.63. The van der Waals surface area contributed by atoms with Crippen molar-refractivity contribution in [3.63, 3.8) is 0 Å². The van der Waals surface area contributed by atoms with Gasteiger partial charge in [-0.2, -0.15) is 0 Å². The molecule has 4 rings (SSSR count). The van der Waals surface area contributed by atoms with Gasteiger partial charge >= 0.3 is 0 Å². The topological polar surface area (TPSA) is 39.2 Å². The molecule has 1 aromatic rings. The number of nitrogens with zero attached hydrogens (tertiary/aromatic N) is 1. The van der Waals surface area contributed by atoms with E-state index in [1.165, 1.54) is 36.8 Å². The fourth-order valence-electron chi connectivity index (χ4n) is 3.47. The first kappa shape index (κ1) is 10.8. The zero-order chi connectivity index (χ0) is 12.0. The number of ether oxygens (including phenoxy) is 1. The zero-order valence-electron chi connectivity index (χ0n) is 10.3. The number of aromatic nitrogens is 1. The number of rotatable bonds is 2. The van der Waals surface area contributed by atoms with Crippen molar-refractivity contribution < 1.29 is 9.53 Å². The summed E-state index contributed by atoms with van der Waals surface area (Å²) >= 11 is 0. The third kappa shape index (κ3) is 1.48. The van der Waals surface area contributed by atoms with Crippen LogP contribution in [0.1, 0.15) is 65.9 Å². The zero-order valence-corrected chi connectivity index (χ0v) is 10.3. The number of carbonyl (C=O) groups excluding carboxylic acids is 1. The summed E-state index contributed by atoms with van der Waals surface area (Å²) in [6.07, 6.45) is 6.56. The maximum Gasteiger partial charge on any atom is 0.216 e. The molecule has 3 aliphatic rings. The maximum atomic E-state index is 11.7. The highest BCUT2D eigenvalue weighted by Gasteiger charge is 2.38. The van der Waals surface area contributed by atoms with Crippen molar-refractivity contribution in [3.05, 3.63) is 22.9 Å². The number of ketones is 1. The molecule has 0 amide bonds. The van der Waals surface area contributed by atoms with Gasteiger partial charge in [-0.25, -0.2) is 4.98 Å². The highest BCUT2D eigenvalue weighted by Crippen LogP contribution is 2.52. The van der Waals surface area contributed by atoms with Gasteiger partial charge in [-0.1, -0.05) is 0 Å². The van der Waals surface area contributed by atoms with Crippen LogP contribution < -0.4 is 4.74 Å². The average Bonchev–Trinajstić information content (AvgIpc) is 2.38. The molecule has 3 aliphatic carbocycles. The van der Waals surface area contributed by atoms with Crippen molar-refractivity contribution in [3.8, 4) is 5.88 Å². The Labute approximate surface area is 101 Å². The predicted molar refractivity (Wildman–Crippen MR) is 64.7 cm³/mol. The van der Waals surface area contributed by atoms with E-state index in [1.807, 2.05) is 0 Å². The van der Waals surface area contributed by atoms with Crippen molar-refractivity contribution in [2.24, 2.45) is 0 Å². The highest BCUT2D eigenvalue weighted by molar-refractivity contribution is 5.96.